The summed E-state index contributed by atoms with van der Waals surface area (Å²) in [7, 11) is 1.47. The monoisotopic (exact) mass is 486 g/mol. The summed E-state index contributed by atoms with van der Waals surface area (Å²) >= 11 is 0. The minimum absolute atomic E-state index is 0.0171. The molecule has 5 N–H and O–H groups in total. The van der Waals surface area contributed by atoms with E-state index in [-0.39, 0.29) is 24.6 Å². The fourth-order valence-corrected chi connectivity index (χ4v) is 3.59. The first kappa shape index (κ1) is 25.8. The number of nitriles is 1. The maximum atomic E-state index is 11.2. The van der Waals surface area contributed by atoms with E-state index >= 15 is 0 Å². The Kier molecular flexibility index (Phi) is 7.91. The first-order valence-electron chi connectivity index (χ1n) is 10.9. The van der Waals surface area contributed by atoms with E-state index in [1.165, 1.54) is 13.3 Å². The van der Waals surface area contributed by atoms with Gasteiger partial charge in [0.05, 0.1) is 48.9 Å². The molecule has 0 spiro atoms. The minimum Gasteiger partial charge on any atom is -0.495 e. The molecule has 3 aromatic rings. The zero-order valence-corrected chi connectivity index (χ0v) is 20.1. The molecule has 0 atom stereocenters. The van der Waals surface area contributed by atoms with Crippen molar-refractivity contribution in [2.45, 2.75) is 32.2 Å². The SMILES string of the molecule is COc1c(C#N)cccc1-c1cc(C(C=NCc2cccc(C(C)(C)CC(=O)O)n2)=NN)nc(N)n1. The molecule has 2 aromatic heterocycles. The van der Waals surface area contributed by atoms with Gasteiger partial charge in [-0.3, -0.25) is 14.8 Å². The molecule has 0 radical (unpaired) electrons. The molecule has 0 aliphatic carbocycles. The Bertz CT molecular complexity index is 1380. The van der Waals surface area contributed by atoms with Crippen LogP contribution in [0.2, 0.25) is 0 Å². The third kappa shape index (κ3) is 5.98. The first-order chi connectivity index (χ1) is 17.2. The molecule has 36 heavy (non-hydrogen) atoms. The number of nitrogens with two attached hydrogens (primary N) is 2. The van der Waals surface area contributed by atoms with Crippen molar-refractivity contribution in [2.75, 3.05) is 12.8 Å². The molecule has 0 aliphatic heterocycles. The highest BCUT2D eigenvalue weighted by Crippen LogP contribution is 2.32. The molecule has 0 fully saturated rings. The standard InChI is InChI=1S/C25H26N8O3/c1-25(2,11-22(34)35)21-9-5-7-16(30-21)13-29-14-20(33-28)19-10-18(31-24(27)32-19)17-8-4-6-15(12-26)23(17)36-3/h4-10,14H,11,13,28H2,1-3H3,(H,34,35)(H2,27,31,32). The van der Waals surface area contributed by atoms with Crippen molar-refractivity contribution < 1.29 is 14.6 Å². The molecule has 0 saturated heterocycles. The summed E-state index contributed by atoms with van der Waals surface area (Å²) in [6.45, 7) is 3.86. The summed E-state index contributed by atoms with van der Waals surface area (Å²) < 4.78 is 5.41. The Hall–Kier alpha value is -4.85. The van der Waals surface area contributed by atoms with E-state index < -0.39 is 11.4 Å². The zero-order chi connectivity index (χ0) is 26.3. The van der Waals surface area contributed by atoms with Crippen LogP contribution in [-0.2, 0) is 16.8 Å². The second-order valence-electron chi connectivity index (χ2n) is 8.45. The van der Waals surface area contributed by atoms with E-state index in [9.17, 15) is 10.1 Å². The number of hydrogen-bond acceptors (Lipinski definition) is 10. The second-order valence-corrected chi connectivity index (χ2v) is 8.45. The number of methoxy groups -OCH3 is 1. The number of para-hydroxylation sites is 1. The van der Waals surface area contributed by atoms with Crippen molar-refractivity contribution >= 4 is 23.8 Å². The van der Waals surface area contributed by atoms with Gasteiger partial charge in [-0.1, -0.05) is 26.0 Å². The number of aromatic nitrogens is 3. The number of benzene rings is 1. The van der Waals surface area contributed by atoms with Crippen molar-refractivity contribution in [1.82, 2.24) is 15.0 Å². The van der Waals surface area contributed by atoms with Crippen LogP contribution in [0.5, 0.6) is 5.75 Å². The summed E-state index contributed by atoms with van der Waals surface area (Å²) in [6, 6.07) is 14.2. The number of pyridine rings is 1. The van der Waals surface area contributed by atoms with Gasteiger partial charge in [-0.15, -0.1) is 0 Å². The number of aliphatic carboxylic acids is 1. The van der Waals surface area contributed by atoms with Gasteiger partial charge in [-0.2, -0.15) is 10.4 Å². The van der Waals surface area contributed by atoms with Crippen molar-refractivity contribution in [3.05, 3.63) is 65.1 Å². The third-order valence-electron chi connectivity index (χ3n) is 5.32. The normalized spacial score (nSPS) is 11.9. The smallest absolute Gasteiger partial charge is 0.304 e. The average Bonchev–Trinajstić information content (AvgIpc) is 2.85. The van der Waals surface area contributed by atoms with E-state index in [0.29, 0.717) is 39.7 Å². The van der Waals surface area contributed by atoms with Crippen molar-refractivity contribution in [1.29, 1.82) is 5.26 Å². The topological polar surface area (TPSA) is 186 Å². The predicted molar refractivity (Wildman–Crippen MR) is 136 cm³/mol. The molecule has 3 rings (SSSR count). The molecule has 0 saturated carbocycles. The minimum atomic E-state index is -0.894. The fraction of sp³-hybridized carbons (Fsp3) is 0.240. The van der Waals surface area contributed by atoms with Gasteiger partial charge in [0, 0.05) is 16.7 Å². The van der Waals surface area contributed by atoms with E-state index in [0.717, 1.165) is 0 Å². The largest absolute Gasteiger partial charge is 0.495 e. The van der Waals surface area contributed by atoms with Crippen LogP contribution in [0.25, 0.3) is 11.3 Å². The lowest BCUT2D eigenvalue weighted by Gasteiger charge is -2.22. The number of carbonyl (C=O) groups is 1. The first-order valence-corrected chi connectivity index (χ1v) is 10.9. The molecule has 0 amide bonds. The molecule has 0 unspecified atom stereocenters. The lowest BCUT2D eigenvalue weighted by Crippen LogP contribution is -2.23. The van der Waals surface area contributed by atoms with Gasteiger partial charge in [-0.25, -0.2) is 9.97 Å². The maximum Gasteiger partial charge on any atom is 0.304 e. The lowest BCUT2D eigenvalue weighted by molar-refractivity contribution is -0.138. The molecule has 0 bridgehead atoms. The number of ether oxygens (including phenoxy) is 1. The van der Waals surface area contributed by atoms with Gasteiger partial charge in [0.25, 0.3) is 0 Å². The Labute approximate surface area is 208 Å². The molecule has 11 nitrogen and oxygen atoms in total. The number of nitrogen functional groups attached to an aromatic ring is 1. The maximum absolute atomic E-state index is 11.2. The number of carboxylic acid groups (broad SMARTS) is 1. The highest BCUT2D eigenvalue weighted by Gasteiger charge is 2.25. The zero-order valence-electron chi connectivity index (χ0n) is 20.1. The van der Waals surface area contributed by atoms with Gasteiger partial charge in [-0.05, 0) is 30.3 Å². The number of aliphatic imine (C=N–C) groups is 1. The van der Waals surface area contributed by atoms with E-state index in [1.807, 2.05) is 19.9 Å². The number of nitrogens with zero attached hydrogens (tertiary/aromatic N) is 6. The second kappa shape index (κ2) is 11.1. The Morgan fingerprint density at radius 1 is 1.22 bits per heavy atom. The van der Waals surface area contributed by atoms with E-state index in [2.05, 4.69) is 31.1 Å². The van der Waals surface area contributed by atoms with Crippen LogP contribution < -0.4 is 16.3 Å². The summed E-state index contributed by atoms with van der Waals surface area (Å²) in [6.07, 6.45) is 1.40. The molecule has 1 aromatic carbocycles. The summed E-state index contributed by atoms with van der Waals surface area (Å²) in [5.74, 6) is 5.06. The van der Waals surface area contributed by atoms with Crippen LogP contribution in [0, 0.1) is 11.3 Å². The quantitative estimate of drug-likeness (QED) is 0.232. The van der Waals surface area contributed by atoms with Crippen LogP contribution in [0.15, 0.2) is 52.6 Å². The summed E-state index contributed by atoms with van der Waals surface area (Å²) in [5, 5.41) is 22.3. The van der Waals surface area contributed by atoms with Crippen molar-refractivity contribution in [2.24, 2.45) is 15.9 Å². The molecule has 11 heteroatoms. The third-order valence-corrected chi connectivity index (χ3v) is 5.32. The Morgan fingerprint density at radius 2 is 1.97 bits per heavy atom. The molecule has 2 heterocycles. The van der Waals surface area contributed by atoms with Gasteiger partial charge in [0.2, 0.25) is 5.95 Å². The summed E-state index contributed by atoms with van der Waals surface area (Å²) in [4.78, 5) is 28.6. The van der Waals surface area contributed by atoms with Gasteiger partial charge in [0.15, 0.2) is 0 Å². The highest BCUT2D eigenvalue weighted by molar-refractivity contribution is 6.37. The molecule has 0 aliphatic rings. The number of rotatable bonds is 9. The average molecular weight is 487 g/mol. The number of hydrazone groups is 1. The van der Waals surface area contributed by atoms with Crippen LogP contribution in [0.4, 0.5) is 5.95 Å². The van der Waals surface area contributed by atoms with Crippen molar-refractivity contribution in [3.8, 4) is 23.1 Å². The lowest BCUT2D eigenvalue weighted by atomic mass is 9.85. The van der Waals surface area contributed by atoms with E-state index in [4.69, 9.17) is 21.4 Å². The highest BCUT2D eigenvalue weighted by atomic mass is 16.5. The van der Waals surface area contributed by atoms with Crippen molar-refractivity contribution in [3.63, 3.8) is 0 Å². The predicted octanol–water partition coefficient (Wildman–Crippen LogP) is 2.69. The number of carboxylic acids is 1. The van der Waals surface area contributed by atoms with Crippen LogP contribution in [0.3, 0.4) is 0 Å². The van der Waals surface area contributed by atoms with Crippen LogP contribution >= 0.6 is 0 Å². The number of hydrogen-bond donors (Lipinski definition) is 3. The molecule has 184 valence electrons. The Morgan fingerprint density at radius 3 is 2.64 bits per heavy atom. The molecular weight excluding hydrogens is 460 g/mol. The van der Waals surface area contributed by atoms with Gasteiger partial charge in [0.1, 0.15) is 17.5 Å². The fourth-order valence-electron chi connectivity index (χ4n) is 3.59. The van der Waals surface area contributed by atoms with Crippen LogP contribution in [0.1, 0.15) is 42.9 Å². The molecular formula is C25H26N8O3. The van der Waals surface area contributed by atoms with Gasteiger partial charge < -0.3 is 21.4 Å². The van der Waals surface area contributed by atoms with E-state index in [1.54, 1.807) is 36.4 Å². The summed E-state index contributed by atoms with van der Waals surface area (Å²) in [5.41, 5.74) is 8.55. The number of anilines is 1. The van der Waals surface area contributed by atoms with Crippen LogP contribution in [-0.4, -0.2) is 45.1 Å². The Balaban J connectivity index is 1.87. The van der Waals surface area contributed by atoms with Gasteiger partial charge >= 0.3 is 5.97 Å².